The molecule has 0 radical (unpaired) electrons. The van der Waals surface area contributed by atoms with Gasteiger partial charge in [-0.1, -0.05) is 30.1 Å². The number of aryl methyl sites for hydroxylation is 1. The Labute approximate surface area is 148 Å². The molecule has 1 aromatic carbocycles. The van der Waals surface area contributed by atoms with Crippen LogP contribution in [0.15, 0.2) is 18.2 Å². The van der Waals surface area contributed by atoms with E-state index < -0.39 is 0 Å². The lowest BCUT2D eigenvalue weighted by atomic mass is 9.88. The highest BCUT2D eigenvalue weighted by Crippen LogP contribution is 2.39. The van der Waals surface area contributed by atoms with E-state index in [4.69, 9.17) is 23.2 Å². The summed E-state index contributed by atoms with van der Waals surface area (Å²) in [6.07, 6.45) is 2.98. The number of fused-ring (bicyclic) bond motifs is 1. The van der Waals surface area contributed by atoms with Crippen LogP contribution in [-0.2, 0) is 12.8 Å². The molecular formula is C17H14Cl2N2OS. The van der Waals surface area contributed by atoms with Gasteiger partial charge in [-0.15, -0.1) is 11.3 Å². The fraction of sp³-hybridized carbons (Fsp3) is 0.294. The summed E-state index contributed by atoms with van der Waals surface area (Å²) >= 11 is 13.4. The molecule has 0 bridgehead atoms. The van der Waals surface area contributed by atoms with E-state index >= 15 is 0 Å². The van der Waals surface area contributed by atoms with Crippen LogP contribution in [0.2, 0.25) is 10.0 Å². The quantitative estimate of drug-likeness (QED) is 0.785. The second kappa shape index (κ2) is 6.52. The Hall–Kier alpha value is -1.54. The molecule has 1 N–H and O–H groups in total. The highest BCUT2D eigenvalue weighted by molar-refractivity contribution is 7.16. The number of carbonyl (C=O) groups excluding carboxylic acids is 1. The van der Waals surface area contributed by atoms with Crippen molar-refractivity contribution in [3.8, 4) is 6.07 Å². The standard InChI is InChI=1S/C17H14Cl2N2OS/c1-9-2-3-15-13(4-9)14(8-20)17(23-15)21-16(22)10-5-11(18)7-12(19)6-10/h5-7,9H,2-4H2,1H3,(H,21,22). The van der Waals surface area contributed by atoms with Crippen LogP contribution in [0.1, 0.15) is 39.7 Å². The predicted molar refractivity (Wildman–Crippen MR) is 94.6 cm³/mol. The number of nitriles is 1. The van der Waals surface area contributed by atoms with Crippen molar-refractivity contribution in [2.24, 2.45) is 5.92 Å². The molecule has 0 saturated carbocycles. The van der Waals surface area contributed by atoms with Crippen molar-refractivity contribution in [3.05, 3.63) is 49.8 Å². The Kier molecular flexibility index (Phi) is 4.63. The summed E-state index contributed by atoms with van der Waals surface area (Å²) in [4.78, 5) is 13.6. The minimum atomic E-state index is -0.308. The first-order valence-corrected chi connectivity index (χ1v) is 8.87. The second-order valence-corrected chi connectivity index (χ2v) is 7.76. The largest absolute Gasteiger partial charge is 0.312 e. The molecule has 1 aromatic heterocycles. The fourth-order valence-electron chi connectivity index (χ4n) is 2.82. The van der Waals surface area contributed by atoms with Gasteiger partial charge in [0.25, 0.3) is 5.91 Å². The van der Waals surface area contributed by atoms with Gasteiger partial charge in [-0.25, -0.2) is 0 Å². The molecule has 2 aromatic rings. The lowest BCUT2D eigenvalue weighted by molar-refractivity contribution is 0.102. The molecule has 23 heavy (non-hydrogen) atoms. The fourth-order valence-corrected chi connectivity index (χ4v) is 4.54. The lowest BCUT2D eigenvalue weighted by Gasteiger charge is -2.17. The first-order chi connectivity index (χ1) is 11.0. The van der Waals surface area contributed by atoms with E-state index in [0.29, 0.717) is 32.1 Å². The molecule has 1 aliphatic carbocycles. The Morgan fingerprint density at radius 3 is 2.70 bits per heavy atom. The number of benzene rings is 1. The van der Waals surface area contributed by atoms with E-state index in [-0.39, 0.29) is 5.91 Å². The molecule has 6 heteroatoms. The van der Waals surface area contributed by atoms with Gasteiger partial charge in [0.2, 0.25) is 0 Å². The van der Waals surface area contributed by atoms with Crippen molar-refractivity contribution < 1.29 is 4.79 Å². The number of nitrogens with one attached hydrogen (secondary N) is 1. The molecule has 0 spiro atoms. The number of halogens is 2. The maximum atomic E-state index is 12.4. The van der Waals surface area contributed by atoms with E-state index in [1.54, 1.807) is 18.2 Å². The molecule has 1 aliphatic rings. The average Bonchev–Trinajstić information content (AvgIpc) is 2.82. The van der Waals surface area contributed by atoms with Crippen LogP contribution in [0.25, 0.3) is 0 Å². The number of carbonyl (C=O) groups is 1. The maximum Gasteiger partial charge on any atom is 0.256 e. The van der Waals surface area contributed by atoms with E-state index in [1.807, 2.05) is 0 Å². The molecule has 3 rings (SSSR count). The SMILES string of the molecule is CC1CCc2sc(NC(=O)c3cc(Cl)cc(Cl)c3)c(C#N)c2C1. The topological polar surface area (TPSA) is 52.9 Å². The first-order valence-electron chi connectivity index (χ1n) is 7.30. The second-order valence-electron chi connectivity index (χ2n) is 5.78. The number of nitrogens with zero attached hydrogens (tertiary/aromatic N) is 1. The summed E-state index contributed by atoms with van der Waals surface area (Å²) in [5.74, 6) is 0.261. The van der Waals surface area contributed by atoms with Crippen LogP contribution in [-0.4, -0.2) is 5.91 Å². The third kappa shape index (κ3) is 3.37. The Bertz CT molecular complexity index is 802. The van der Waals surface area contributed by atoms with Crippen LogP contribution in [0.3, 0.4) is 0 Å². The third-order valence-electron chi connectivity index (χ3n) is 3.97. The highest BCUT2D eigenvalue weighted by atomic mass is 35.5. The normalized spacial score (nSPS) is 16.5. The van der Waals surface area contributed by atoms with Crippen molar-refractivity contribution in [1.29, 1.82) is 5.26 Å². The zero-order chi connectivity index (χ0) is 16.6. The minimum absolute atomic E-state index is 0.308. The van der Waals surface area contributed by atoms with E-state index in [9.17, 15) is 10.1 Å². The maximum absolute atomic E-state index is 12.4. The van der Waals surface area contributed by atoms with Crippen molar-refractivity contribution >= 4 is 45.4 Å². The van der Waals surface area contributed by atoms with Crippen molar-refractivity contribution in [2.75, 3.05) is 5.32 Å². The molecule has 0 saturated heterocycles. The van der Waals surface area contributed by atoms with E-state index in [2.05, 4.69) is 18.3 Å². The number of hydrogen-bond donors (Lipinski definition) is 1. The summed E-state index contributed by atoms with van der Waals surface area (Å²) < 4.78 is 0. The van der Waals surface area contributed by atoms with Crippen LogP contribution in [0, 0.1) is 17.2 Å². The van der Waals surface area contributed by atoms with Gasteiger partial charge in [0, 0.05) is 20.5 Å². The van der Waals surface area contributed by atoms with Gasteiger partial charge >= 0.3 is 0 Å². The minimum Gasteiger partial charge on any atom is -0.312 e. The summed E-state index contributed by atoms with van der Waals surface area (Å²) in [6.45, 7) is 2.19. The Morgan fingerprint density at radius 1 is 1.35 bits per heavy atom. The smallest absolute Gasteiger partial charge is 0.256 e. The summed E-state index contributed by atoms with van der Waals surface area (Å²) in [7, 11) is 0. The molecule has 1 heterocycles. The molecule has 0 aliphatic heterocycles. The van der Waals surface area contributed by atoms with Crippen molar-refractivity contribution in [2.45, 2.75) is 26.2 Å². The number of rotatable bonds is 2. The molecule has 0 fully saturated rings. The molecule has 1 unspecified atom stereocenters. The lowest BCUT2D eigenvalue weighted by Crippen LogP contribution is -2.12. The molecule has 1 amide bonds. The van der Waals surface area contributed by atoms with Gasteiger partial charge in [-0.3, -0.25) is 4.79 Å². The van der Waals surface area contributed by atoms with Gasteiger partial charge in [0.1, 0.15) is 11.1 Å². The van der Waals surface area contributed by atoms with E-state index in [0.717, 1.165) is 24.8 Å². The molecular weight excluding hydrogens is 351 g/mol. The zero-order valence-electron chi connectivity index (χ0n) is 12.5. The number of thiophene rings is 1. The highest BCUT2D eigenvalue weighted by Gasteiger charge is 2.25. The summed E-state index contributed by atoms with van der Waals surface area (Å²) in [6, 6.07) is 6.94. The third-order valence-corrected chi connectivity index (χ3v) is 5.61. The molecule has 3 nitrogen and oxygen atoms in total. The Morgan fingerprint density at radius 2 is 2.04 bits per heavy atom. The Balaban J connectivity index is 1.91. The number of anilines is 1. The van der Waals surface area contributed by atoms with E-state index in [1.165, 1.54) is 16.2 Å². The summed E-state index contributed by atoms with van der Waals surface area (Å²) in [5.41, 5.74) is 2.07. The van der Waals surface area contributed by atoms with Gasteiger partial charge in [-0.05, 0) is 48.9 Å². The van der Waals surface area contributed by atoms with Crippen LogP contribution < -0.4 is 5.32 Å². The van der Waals surface area contributed by atoms with Crippen LogP contribution in [0.4, 0.5) is 5.00 Å². The van der Waals surface area contributed by atoms with Gasteiger partial charge in [-0.2, -0.15) is 5.26 Å². The van der Waals surface area contributed by atoms with Crippen molar-refractivity contribution in [1.82, 2.24) is 0 Å². The number of amides is 1. The molecule has 118 valence electrons. The van der Waals surface area contributed by atoms with Crippen LogP contribution >= 0.6 is 34.5 Å². The summed E-state index contributed by atoms with van der Waals surface area (Å²) in [5, 5.41) is 13.8. The van der Waals surface area contributed by atoms with Crippen molar-refractivity contribution in [3.63, 3.8) is 0 Å². The first kappa shape index (κ1) is 16.3. The van der Waals surface area contributed by atoms with Gasteiger partial charge in [0.05, 0.1) is 5.56 Å². The van der Waals surface area contributed by atoms with Gasteiger partial charge in [0.15, 0.2) is 0 Å². The molecule has 1 atom stereocenters. The zero-order valence-corrected chi connectivity index (χ0v) is 14.8. The van der Waals surface area contributed by atoms with Crippen LogP contribution in [0.5, 0.6) is 0 Å². The number of hydrogen-bond acceptors (Lipinski definition) is 3. The van der Waals surface area contributed by atoms with Gasteiger partial charge < -0.3 is 5.32 Å². The average molecular weight is 365 g/mol. The monoisotopic (exact) mass is 364 g/mol. The predicted octanol–water partition coefficient (Wildman–Crippen LogP) is 5.30.